The van der Waals surface area contributed by atoms with Crippen molar-refractivity contribution < 1.29 is 24.0 Å². The van der Waals surface area contributed by atoms with Crippen molar-refractivity contribution in [3.05, 3.63) is 118 Å². The molecule has 1 aromatic heterocycles. The fourth-order valence-corrected chi connectivity index (χ4v) is 6.48. The molecule has 0 saturated heterocycles. The van der Waals surface area contributed by atoms with Gasteiger partial charge in [0.15, 0.2) is 5.75 Å². The number of hydrogen-bond acceptors (Lipinski definition) is 7. The number of hydrazone groups is 1. The summed E-state index contributed by atoms with van der Waals surface area (Å²) in [7, 11) is 1.53. The average molecular weight is 806 g/mol. The molecular formula is C30H18Br3ClN4O6. The number of amides is 1. The lowest BCUT2D eigenvalue weighted by Gasteiger charge is -2.11. The summed E-state index contributed by atoms with van der Waals surface area (Å²) in [5.41, 5.74) is 4.77. The number of benzene rings is 4. The summed E-state index contributed by atoms with van der Waals surface area (Å²) in [6, 6.07) is 19.1. The van der Waals surface area contributed by atoms with Gasteiger partial charge < -0.3 is 14.5 Å². The highest BCUT2D eigenvalue weighted by atomic mass is 79.9. The number of carbonyl (C=O) groups is 2. The van der Waals surface area contributed by atoms with Crippen LogP contribution in [0.4, 0.5) is 5.69 Å². The number of methoxy groups -OCH3 is 1. The van der Waals surface area contributed by atoms with Crippen LogP contribution in [0.3, 0.4) is 0 Å². The molecule has 1 amide bonds. The third kappa shape index (κ3) is 6.41. The van der Waals surface area contributed by atoms with E-state index in [4.69, 9.17) is 21.1 Å². The van der Waals surface area contributed by atoms with Crippen molar-refractivity contribution in [3.63, 3.8) is 0 Å². The van der Waals surface area contributed by atoms with E-state index in [-0.39, 0.29) is 22.7 Å². The molecule has 44 heavy (non-hydrogen) atoms. The highest BCUT2D eigenvalue weighted by Gasteiger charge is 2.24. The Labute approximate surface area is 279 Å². The zero-order valence-electron chi connectivity index (χ0n) is 22.4. The molecule has 5 aromatic rings. The van der Waals surface area contributed by atoms with Gasteiger partial charge in [0.25, 0.3) is 11.6 Å². The molecule has 10 nitrogen and oxygen atoms in total. The molecule has 0 atom stereocenters. The number of aromatic amines is 1. The fourth-order valence-electron chi connectivity index (χ4n) is 4.38. The summed E-state index contributed by atoms with van der Waals surface area (Å²) in [5.74, 6) is -0.675. The number of nitrogens with one attached hydrogen (secondary N) is 2. The number of H-pyrrole nitrogens is 1. The molecule has 0 aliphatic heterocycles. The molecule has 4 aromatic carbocycles. The van der Waals surface area contributed by atoms with Gasteiger partial charge in [0.1, 0.15) is 11.4 Å². The van der Waals surface area contributed by atoms with Crippen molar-refractivity contribution in [1.82, 2.24) is 10.4 Å². The van der Waals surface area contributed by atoms with Crippen molar-refractivity contribution in [2.75, 3.05) is 7.11 Å². The molecular weight excluding hydrogens is 788 g/mol. The maximum absolute atomic E-state index is 13.6. The summed E-state index contributed by atoms with van der Waals surface area (Å²) in [6.07, 6.45) is 1.32. The Morgan fingerprint density at radius 2 is 1.75 bits per heavy atom. The van der Waals surface area contributed by atoms with Crippen LogP contribution < -0.4 is 14.9 Å². The number of halogens is 4. The van der Waals surface area contributed by atoms with Gasteiger partial charge in [-0.25, -0.2) is 10.2 Å². The zero-order chi connectivity index (χ0) is 31.5. The van der Waals surface area contributed by atoms with Crippen LogP contribution >= 0.6 is 59.4 Å². The zero-order valence-corrected chi connectivity index (χ0v) is 27.9. The first-order chi connectivity index (χ1) is 21.1. The van der Waals surface area contributed by atoms with Gasteiger partial charge in [0.05, 0.1) is 33.8 Å². The summed E-state index contributed by atoms with van der Waals surface area (Å²) >= 11 is 16.9. The van der Waals surface area contributed by atoms with Crippen LogP contribution in [0.15, 0.2) is 91.3 Å². The Kier molecular flexibility index (Phi) is 9.49. The molecule has 0 unspecified atom stereocenters. The minimum atomic E-state index is -0.747. The van der Waals surface area contributed by atoms with Gasteiger partial charge in [0, 0.05) is 48.2 Å². The molecule has 0 aliphatic carbocycles. The Hall–Kier alpha value is -4.04. The number of aromatic nitrogens is 1. The van der Waals surface area contributed by atoms with Gasteiger partial charge in [-0.2, -0.15) is 5.10 Å². The standard InChI is InChI=1S/C30H18Br3ClN4O6/c1-43-23-11-10-20(32)25-24(19-4-2-3-5-22(19)34)27(36-26(23)25)29(39)37-35-14-16-12-17(31)13-21(33)28(16)44-30(40)15-6-8-18(9-7-15)38(41)42/h2-14,36H,1H3,(H,37,39). The molecule has 14 heteroatoms. The number of nitro benzene ring substituents is 1. The lowest BCUT2D eigenvalue weighted by molar-refractivity contribution is -0.384. The number of ether oxygens (including phenoxy) is 2. The van der Waals surface area contributed by atoms with Crippen molar-refractivity contribution >= 4 is 94.1 Å². The second-order valence-corrected chi connectivity index (χ2v) is 12.1. The molecule has 0 fully saturated rings. The quantitative estimate of drug-likeness (QED) is 0.0530. The number of non-ortho nitro benzene ring substituents is 1. The number of carbonyl (C=O) groups excluding carboxylic acids is 2. The Morgan fingerprint density at radius 1 is 1.02 bits per heavy atom. The van der Waals surface area contributed by atoms with E-state index in [1.54, 1.807) is 30.3 Å². The lowest BCUT2D eigenvalue weighted by atomic mass is 10.0. The molecule has 222 valence electrons. The molecule has 5 rings (SSSR count). The average Bonchev–Trinajstić information content (AvgIpc) is 3.40. The van der Waals surface area contributed by atoms with E-state index in [1.807, 2.05) is 18.2 Å². The number of esters is 1. The Balaban J connectivity index is 1.47. The monoisotopic (exact) mass is 802 g/mol. The third-order valence-corrected chi connectivity index (χ3v) is 8.41. The van der Waals surface area contributed by atoms with Gasteiger partial charge in [-0.15, -0.1) is 0 Å². The van der Waals surface area contributed by atoms with Crippen LogP contribution in [0.1, 0.15) is 26.4 Å². The SMILES string of the molecule is COc1ccc(Br)c2c(-c3ccccc3Cl)c(C(=O)NN=Cc3cc(Br)cc(Br)c3OC(=O)c3ccc([N+](=O)[O-])cc3)[nH]c12. The van der Waals surface area contributed by atoms with Gasteiger partial charge in [0.2, 0.25) is 0 Å². The number of hydrogen-bond donors (Lipinski definition) is 2. The summed E-state index contributed by atoms with van der Waals surface area (Å²) in [5, 5.41) is 16.2. The second-order valence-electron chi connectivity index (χ2n) is 9.05. The summed E-state index contributed by atoms with van der Waals surface area (Å²) in [6.45, 7) is 0. The maximum atomic E-state index is 13.6. The van der Waals surface area contributed by atoms with E-state index in [2.05, 4.69) is 63.3 Å². The number of fused-ring (bicyclic) bond motifs is 1. The molecule has 0 bridgehead atoms. The van der Waals surface area contributed by atoms with Gasteiger partial charge in [-0.1, -0.05) is 61.7 Å². The first-order valence-corrected chi connectivity index (χ1v) is 15.3. The van der Waals surface area contributed by atoms with Crippen molar-refractivity contribution in [2.24, 2.45) is 5.10 Å². The largest absolute Gasteiger partial charge is 0.495 e. The van der Waals surface area contributed by atoms with Crippen LogP contribution in [-0.4, -0.2) is 35.1 Å². The van der Waals surface area contributed by atoms with E-state index in [1.165, 1.54) is 37.6 Å². The predicted octanol–water partition coefficient (Wildman–Crippen LogP) is 8.68. The van der Waals surface area contributed by atoms with E-state index in [9.17, 15) is 19.7 Å². The molecule has 1 heterocycles. The van der Waals surface area contributed by atoms with Crippen LogP contribution in [-0.2, 0) is 0 Å². The van der Waals surface area contributed by atoms with Gasteiger partial charge in [-0.3, -0.25) is 14.9 Å². The van der Waals surface area contributed by atoms with Crippen LogP contribution in [0.5, 0.6) is 11.5 Å². The van der Waals surface area contributed by atoms with Crippen molar-refractivity contribution in [2.45, 2.75) is 0 Å². The molecule has 0 spiro atoms. The highest BCUT2D eigenvalue weighted by Crippen LogP contribution is 2.43. The molecule has 0 radical (unpaired) electrons. The van der Waals surface area contributed by atoms with Crippen LogP contribution in [0.25, 0.3) is 22.0 Å². The maximum Gasteiger partial charge on any atom is 0.343 e. The topological polar surface area (TPSA) is 136 Å². The van der Waals surface area contributed by atoms with E-state index in [0.29, 0.717) is 47.3 Å². The van der Waals surface area contributed by atoms with Gasteiger partial charge in [-0.05, 0) is 58.4 Å². The Bertz CT molecular complexity index is 1980. The molecule has 0 aliphatic rings. The Morgan fingerprint density at radius 3 is 2.43 bits per heavy atom. The number of nitro groups is 1. The van der Waals surface area contributed by atoms with Gasteiger partial charge >= 0.3 is 5.97 Å². The minimum Gasteiger partial charge on any atom is -0.495 e. The number of nitrogens with zero attached hydrogens (tertiary/aromatic N) is 2. The highest BCUT2D eigenvalue weighted by molar-refractivity contribution is 9.11. The molecule has 2 N–H and O–H groups in total. The summed E-state index contributed by atoms with van der Waals surface area (Å²) < 4.78 is 12.9. The number of rotatable bonds is 8. The third-order valence-electron chi connectivity index (χ3n) is 6.37. The first kappa shape index (κ1) is 31.4. The van der Waals surface area contributed by atoms with E-state index < -0.39 is 16.8 Å². The smallest absolute Gasteiger partial charge is 0.343 e. The van der Waals surface area contributed by atoms with E-state index in [0.717, 1.165) is 4.47 Å². The predicted molar refractivity (Wildman–Crippen MR) is 178 cm³/mol. The van der Waals surface area contributed by atoms with Crippen molar-refractivity contribution in [1.29, 1.82) is 0 Å². The van der Waals surface area contributed by atoms with Crippen LogP contribution in [0.2, 0.25) is 5.02 Å². The van der Waals surface area contributed by atoms with Crippen LogP contribution in [0, 0.1) is 10.1 Å². The molecule has 0 saturated carbocycles. The van der Waals surface area contributed by atoms with E-state index >= 15 is 0 Å². The minimum absolute atomic E-state index is 0.106. The fraction of sp³-hybridized carbons (Fsp3) is 0.0333. The summed E-state index contributed by atoms with van der Waals surface area (Å²) in [4.78, 5) is 40.0. The lowest BCUT2D eigenvalue weighted by Crippen LogP contribution is -2.19. The first-order valence-electron chi connectivity index (χ1n) is 12.5. The van der Waals surface area contributed by atoms with Crippen molar-refractivity contribution in [3.8, 4) is 22.6 Å². The normalized spacial score (nSPS) is 11.1. The second kappa shape index (κ2) is 13.3.